The van der Waals surface area contributed by atoms with Crippen molar-refractivity contribution in [2.45, 2.75) is 33.6 Å². The fourth-order valence-electron chi connectivity index (χ4n) is 2.93. The highest BCUT2D eigenvalue weighted by atomic mass is 79.9. The molecule has 0 heterocycles. The van der Waals surface area contributed by atoms with Gasteiger partial charge in [0.25, 0.3) is 0 Å². The number of nitrogens with one attached hydrogen (secondary N) is 1. The summed E-state index contributed by atoms with van der Waals surface area (Å²) in [6.45, 7) is 7.37. The van der Waals surface area contributed by atoms with Gasteiger partial charge in [-0.3, -0.25) is 0 Å². The number of benzene rings is 1. The van der Waals surface area contributed by atoms with Gasteiger partial charge in [0, 0.05) is 12.2 Å². The van der Waals surface area contributed by atoms with Crippen molar-refractivity contribution < 1.29 is 4.39 Å². The molecule has 3 heteroatoms. The molecule has 19 heavy (non-hydrogen) atoms. The Morgan fingerprint density at radius 3 is 2.79 bits per heavy atom. The summed E-state index contributed by atoms with van der Waals surface area (Å²) in [6, 6.07) is 3.40. The molecule has 0 bridgehead atoms. The van der Waals surface area contributed by atoms with E-state index in [4.69, 9.17) is 0 Å². The Morgan fingerprint density at radius 2 is 2.11 bits per heavy atom. The third kappa shape index (κ3) is 3.82. The van der Waals surface area contributed by atoms with Crippen LogP contribution in [0.15, 0.2) is 28.3 Å². The molecule has 1 aliphatic rings. The minimum Gasteiger partial charge on any atom is -0.385 e. The average molecular weight is 326 g/mol. The molecule has 0 amide bonds. The highest BCUT2D eigenvalue weighted by Crippen LogP contribution is 2.29. The van der Waals surface area contributed by atoms with Gasteiger partial charge in [0.05, 0.1) is 4.47 Å². The average Bonchev–Trinajstić information content (AvgIpc) is 2.31. The van der Waals surface area contributed by atoms with Gasteiger partial charge in [-0.05, 0) is 72.2 Å². The maximum atomic E-state index is 13.4. The second kappa shape index (κ2) is 6.08. The highest BCUT2D eigenvalue weighted by molar-refractivity contribution is 9.10. The molecule has 0 saturated heterocycles. The second-order valence-electron chi connectivity index (χ2n) is 5.76. The van der Waals surface area contributed by atoms with E-state index in [1.807, 2.05) is 13.0 Å². The lowest BCUT2D eigenvalue weighted by atomic mass is 9.83. The highest BCUT2D eigenvalue weighted by Gasteiger charge is 2.18. The van der Waals surface area contributed by atoms with E-state index in [-0.39, 0.29) is 5.82 Å². The Kier molecular flexibility index (Phi) is 4.67. The zero-order valence-corrected chi connectivity index (χ0v) is 13.3. The fourth-order valence-corrected chi connectivity index (χ4v) is 3.28. The Labute approximate surface area is 123 Å². The van der Waals surface area contributed by atoms with E-state index in [0.29, 0.717) is 16.3 Å². The molecule has 0 aromatic heterocycles. The molecule has 1 N–H and O–H groups in total. The maximum absolute atomic E-state index is 13.4. The van der Waals surface area contributed by atoms with Crippen LogP contribution in [0.5, 0.6) is 0 Å². The van der Waals surface area contributed by atoms with E-state index in [9.17, 15) is 4.39 Å². The molecule has 1 aromatic carbocycles. The monoisotopic (exact) mass is 325 g/mol. The van der Waals surface area contributed by atoms with Gasteiger partial charge in [0.15, 0.2) is 0 Å². The van der Waals surface area contributed by atoms with Gasteiger partial charge in [-0.2, -0.15) is 0 Å². The van der Waals surface area contributed by atoms with Crippen LogP contribution in [0, 0.1) is 24.6 Å². The van der Waals surface area contributed by atoms with E-state index in [2.05, 4.69) is 41.2 Å². The summed E-state index contributed by atoms with van der Waals surface area (Å²) in [5.74, 6) is 1.14. The first-order valence-electron chi connectivity index (χ1n) is 6.82. The molecule has 2 unspecified atom stereocenters. The molecule has 1 aliphatic carbocycles. The topological polar surface area (TPSA) is 12.0 Å². The number of hydrogen-bond acceptors (Lipinski definition) is 1. The van der Waals surface area contributed by atoms with Crippen molar-refractivity contribution in [1.82, 2.24) is 0 Å². The van der Waals surface area contributed by atoms with Gasteiger partial charge >= 0.3 is 0 Å². The van der Waals surface area contributed by atoms with Gasteiger partial charge in [-0.1, -0.05) is 18.6 Å². The minimum atomic E-state index is -0.201. The van der Waals surface area contributed by atoms with Gasteiger partial charge in [-0.25, -0.2) is 4.39 Å². The van der Waals surface area contributed by atoms with Crippen molar-refractivity contribution in [3.8, 4) is 0 Å². The molecule has 0 spiro atoms. The summed E-state index contributed by atoms with van der Waals surface area (Å²) in [5, 5.41) is 3.47. The first-order chi connectivity index (χ1) is 8.95. The SMILES string of the molecule is CC1=CC(C)CC(CNc2cc(Br)c(F)cc2C)C1. The Hall–Kier alpha value is -0.830. The first kappa shape index (κ1) is 14.6. The predicted octanol–water partition coefficient (Wildman–Crippen LogP) is 5.30. The Bertz CT molecular complexity index is 496. The maximum Gasteiger partial charge on any atom is 0.137 e. The van der Waals surface area contributed by atoms with E-state index >= 15 is 0 Å². The van der Waals surface area contributed by atoms with Crippen LogP contribution in [0.2, 0.25) is 0 Å². The van der Waals surface area contributed by atoms with Crippen LogP contribution in [0.1, 0.15) is 32.3 Å². The Balaban J connectivity index is 2.00. The Morgan fingerprint density at radius 1 is 1.37 bits per heavy atom. The van der Waals surface area contributed by atoms with Gasteiger partial charge < -0.3 is 5.32 Å². The van der Waals surface area contributed by atoms with Gasteiger partial charge in [0.2, 0.25) is 0 Å². The number of rotatable bonds is 3. The molecule has 1 aromatic rings. The molecule has 0 aliphatic heterocycles. The molecule has 2 atom stereocenters. The summed E-state index contributed by atoms with van der Waals surface area (Å²) >= 11 is 3.24. The van der Waals surface area contributed by atoms with Crippen LogP contribution in [0.25, 0.3) is 0 Å². The lowest BCUT2D eigenvalue weighted by molar-refractivity contribution is 0.421. The summed E-state index contributed by atoms with van der Waals surface area (Å²) in [5.41, 5.74) is 3.47. The first-order valence-corrected chi connectivity index (χ1v) is 7.62. The second-order valence-corrected chi connectivity index (χ2v) is 6.61. The van der Waals surface area contributed by atoms with Crippen molar-refractivity contribution in [2.24, 2.45) is 11.8 Å². The third-order valence-electron chi connectivity index (χ3n) is 3.73. The van der Waals surface area contributed by atoms with Crippen LogP contribution in [0.3, 0.4) is 0 Å². The number of anilines is 1. The standard InChI is InChI=1S/C16H21BrFN/c1-10-4-11(2)6-13(5-10)9-19-16-8-14(17)15(18)7-12(16)3/h4,7-8,10,13,19H,5-6,9H2,1-3H3. The lowest BCUT2D eigenvalue weighted by Gasteiger charge is -2.26. The van der Waals surface area contributed by atoms with E-state index in [1.54, 1.807) is 6.07 Å². The number of aryl methyl sites for hydroxylation is 1. The molecule has 0 radical (unpaired) electrons. The van der Waals surface area contributed by atoms with Crippen LogP contribution in [-0.4, -0.2) is 6.54 Å². The summed E-state index contributed by atoms with van der Waals surface area (Å²) in [6.07, 6.45) is 4.76. The molecule has 104 valence electrons. The smallest absolute Gasteiger partial charge is 0.137 e. The van der Waals surface area contributed by atoms with Crippen LogP contribution < -0.4 is 5.32 Å². The fraction of sp³-hybridized carbons (Fsp3) is 0.500. The molecule has 0 saturated carbocycles. The zero-order valence-electron chi connectivity index (χ0n) is 11.8. The summed E-state index contributed by atoms with van der Waals surface area (Å²) in [4.78, 5) is 0. The molecule has 1 nitrogen and oxygen atoms in total. The van der Waals surface area contributed by atoms with Gasteiger partial charge in [-0.15, -0.1) is 0 Å². The molecular weight excluding hydrogens is 305 g/mol. The minimum absolute atomic E-state index is 0.201. The summed E-state index contributed by atoms with van der Waals surface area (Å²) in [7, 11) is 0. The molecular formula is C16H21BrFN. The van der Waals surface area contributed by atoms with E-state index in [1.165, 1.54) is 18.4 Å². The summed E-state index contributed by atoms with van der Waals surface area (Å²) < 4.78 is 13.9. The van der Waals surface area contributed by atoms with E-state index < -0.39 is 0 Å². The lowest BCUT2D eigenvalue weighted by Crippen LogP contribution is -2.20. The van der Waals surface area contributed by atoms with Crippen molar-refractivity contribution in [3.63, 3.8) is 0 Å². The largest absolute Gasteiger partial charge is 0.385 e. The zero-order chi connectivity index (χ0) is 14.0. The van der Waals surface area contributed by atoms with Crippen LogP contribution in [-0.2, 0) is 0 Å². The van der Waals surface area contributed by atoms with Gasteiger partial charge in [0.1, 0.15) is 5.82 Å². The van der Waals surface area contributed by atoms with Crippen molar-refractivity contribution >= 4 is 21.6 Å². The molecule has 2 rings (SSSR count). The van der Waals surface area contributed by atoms with Crippen molar-refractivity contribution in [3.05, 3.63) is 39.6 Å². The quantitative estimate of drug-likeness (QED) is 0.743. The van der Waals surface area contributed by atoms with Crippen LogP contribution in [0.4, 0.5) is 10.1 Å². The normalized spacial score (nSPS) is 23.1. The third-order valence-corrected chi connectivity index (χ3v) is 4.34. The van der Waals surface area contributed by atoms with E-state index in [0.717, 1.165) is 17.8 Å². The number of halogens is 2. The van der Waals surface area contributed by atoms with Crippen LogP contribution >= 0.6 is 15.9 Å². The predicted molar refractivity (Wildman–Crippen MR) is 83.0 cm³/mol. The van der Waals surface area contributed by atoms with Crippen molar-refractivity contribution in [2.75, 3.05) is 11.9 Å². The molecule has 0 fully saturated rings. The number of hydrogen-bond donors (Lipinski definition) is 1. The van der Waals surface area contributed by atoms with Crippen molar-refractivity contribution in [1.29, 1.82) is 0 Å². The number of allylic oxidation sites excluding steroid dienone is 2.